The van der Waals surface area contributed by atoms with Crippen molar-refractivity contribution in [3.63, 3.8) is 0 Å². The van der Waals surface area contributed by atoms with Gasteiger partial charge in [0.05, 0.1) is 12.5 Å². The number of amides is 2. The topological polar surface area (TPSA) is 73.9 Å². The quantitative estimate of drug-likeness (QED) is 0.648. The van der Waals surface area contributed by atoms with Crippen LogP contribution < -0.4 is 15.5 Å². The molecule has 2 heterocycles. The maximum absolute atomic E-state index is 14.9. The molecule has 0 saturated carbocycles. The Hall–Kier alpha value is -3.04. The van der Waals surface area contributed by atoms with E-state index in [4.69, 9.17) is 4.74 Å². The molecule has 0 aromatic heterocycles. The van der Waals surface area contributed by atoms with Crippen molar-refractivity contribution in [2.45, 2.75) is 19.4 Å². The first-order chi connectivity index (χ1) is 16.5. The van der Waals surface area contributed by atoms with Gasteiger partial charge in [0.15, 0.2) is 11.6 Å². The fraction of sp³-hybridized carbons (Fsp3) is 0.440. The lowest BCUT2D eigenvalue weighted by atomic mass is 10.0. The van der Waals surface area contributed by atoms with E-state index in [2.05, 4.69) is 10.6 Å². The molecule has 2 atom stereocenters. The Morgan fingerprint density at radius 3 is 2.35 bits per heavy atom. The fourth-order valence-electron chi connectivity index (χ4n) is 4.56. The number of carbonyl (C=O) groups is 2. The molecule has 4 rings (SSSR count). The Kier molecular flexibility index (Phi) is 7.74. The first-order valence-corrected chi connectivity index (χ1v) is 11.7. The number of likely N-dealkylation sites (N-methyl/N-ethyl adjacent to an activating group) is 1. The van der Waals surface area contributed by atoms with Crippen molar-refractivity contribution < 1.29 is 23.1 Å². The van der Waals surface area contributed by atoms with Crippen LogP contribution in [-0.2, 0) is 14.3 Å². The molecule has 0 bridgehead atoms. The minimum atomic E-state index is -0.727. The van der Waals surface area contributed by atoms with Gasteiger partial charge in [-0.05, 0) is 31.0 Å². The van der Waals surface area contributed by atoms with E-state index in [-0.39, 0.29) is 29.1 Å². The zero-order chi connectivity index (χ0) is 24.1. The predicted octanol–water partition coefficient (Wildman–Crippen LogP) is 2.94. The number of anilines is 2. The largest absolute Gasteiger partial charge is 0.381 e. The molecule has 2 saturated heterocycles. The van der Waals surface area contributed by atoms with Gasteiger partial charge in [-0.2, -0.15) is 0 Å². The van der Waals surface area contributed by atoms with Gasteiger partial charge in [0.1, 0.15) is 11.7 Å². The first-order valence-electron chi connectivity index (χ1n) is 11.7. The molecule has 182 valence electrons. The molecule has 2 aliphatic rings. The summed E-state index contributed by atoms with van der Waals surface area (Å²) in [4.78, 5) is 28.7. The zero-order valence-electron chi connectivity index (χ0n) is 19.2. The minimum absolute atomic E-state index is 0.0905. The lowest BCUT2D eigenvalue weighted by Crippen LogP contribution is -2.51. The summed E-state index contributed by atoms with van der Waals surface area (Å²) in [7, 11) is 0. The monoisotopic (exact) mass is 472 g/mol. The van der Waals surface area contributed by atoms with Gasteiger partial charge in [-0.1, -0.05) is 30.3 Å². The van der Waals surface area contributed by atoms with Gasteiger partial charge in [0, 0.05) is 45.0 Å². The van der Waals surface area contributed by atoms with Gasteiger partial charge in [-0.15, -0.1) is 0 Å². The molecule has 2 aromatic carbocycles. The van der Waals surface area contributed by atoms with Crippen molar-refractivity contribution >= 4 is 23.2 Å². The Morgan fingerprint density at radius 2 is 1.76 bits per heavy atom. The molecule has 0 radical (unpaired) electrons. The van der Waals surface area contributed by atoms with Gasteiger partial charge in [-0.3, -0.25) is 14.5 Å². The molecular weight excluding hydrogens is 442 g/mol. The van der Waals surface area contributed by atoms with Crippen molar-refractivity contribution in [3.8, 4) is 0 Å². The fourth-order valence-corrected chi connectivity index (χ4v) is 4.56. The van der Waals surface area contributed by atoms with Gasteiger partial charge in [0.25, 0.3) is 0 Å². The van der Waals surface area contributed by atoms with E-state index in [0.29, 0.717) is 52.4 Å². The van der Waals surface area contributed by atoms with Gasteiger partial charge in [0.2, 0.25) is 11.8 Å². The number of carbonyl (C=O) groups excluding carboxylic acids is 2. The number of benzene rings is 2. The lowest BCUT2D eigenvalue weighted by Gasteiger charge is -2.40. The Labute approximate surface area is 198 Å². The zero-order valence-corrected chi connectivity index (χ0v) is 19.2. The third kappa shape index (κ3) is 5.37. The highest BCUT2D eigenvalue weighted by Gasteiger charge is 2.32. The summed E-state index contributed by atoms with van der Waals surface area (Å²) in [5.41, 5.74) is 0.859. The van der Waals surface area contributed by atoms with Crippen LogP contribution >= 0.6 is 0 Å². The van der Waals surface area contributed by atoms with Crippen molar-refractivity contribution in [2.24, 2.45) is 5.92 Å². The number of nitrogens with one attached hydrogen (secondary N) is 2. The number of rotatable bonds is 7. The van der Waals surface area contributed by atoms with Crippen LogP contribution in [0.2, 0.25) is 0 Å². The molecule has 2 fully saturated rings. The molecule has 0 aliphatic carbocycles. The van der Waals surface area contributed by atoms with Crippen molar-refractivity contribution in [2.75, 3.05) is 56.2 Å². The van der Waals surface area contributed by atoms with Crippen LogP contribution in [0, 0.1) is 17.6 Å². The average Bonchev–Trinajstić information content (AvgIpc) is 3.36. The summed E-state index contributed by atoms with van der Waals surface area (Å²) >= 11 is 0. The van der Waals surface area contributed by atoms with E-state index in [0.717, 1.165) is 17.7 Å². The van der Waals surface area contributed by atoms with Gasteiger partial charge < -0.3 is 20.3 Å². The maximum Gasteiger partial charge on any atom is 0.241 e. The highest BCUT2D eigenvalue weighted by molar-refractivity contribution is 5.93. The standard InChI is InChI=1S/C25H30F2N4O3/c1-2-28-25(33)22(17-6-4-3-5-7-17)30-9-11-31(12-10-30)23-20(26)14-19(15-21(23)27)29-24(32)18-8-13-34-16-18/h3-7,14-15,18,22H,2,8-13,16H2,1H3,(H,28,33)(H,29,32)/t18?,22-/m1/s1. The van der Waals surface area contributed by atoms with Crippen LogP contribution in [-0.4, -0.2) is 62.7 Å². The number of piperazine rings is 1. The summed E-state index contributed by atoms with van der Waals surface area (Å²) in [6.45, 7) is 4.89. The summed E-state index contributed by atoms with van der Waals surface area (Å²) in [5, 5.41) is 5.48. The van der Waals surface area contributed by atoms with E-state index in [1.165, 1.54) is 0 Å². The molecular formula is C25H30F2N4O3. The highest BCUT2D eigenvalue weighted by atomic mass is 19.1. The lowest BCUT2D eigenvalue weighted by molar-refractivity contribution is -0.126. The number of halogens is 2. The van der Waals surface area contributed by atoms with E-state index in [1.54, 1.807) is 4.90 Å². The van der Waals surface area contributed by atoms with Crippen molar-refractivity contribution in [1.29, 1.82) is 0 Å². The van der Waals surface area contributed by atoms with Gasteiger partial charge >= 0.3 is 0 Å². The van der Waals surface area contributed by atoms with Crippen LogP contribution in [0.5, 0.6) is 0 Å². The highest BCUT2D eigenvalue weighted by Crippen LogP contribution is 2.30. The van der Waals surface area contributed by atoms with E-state index in [9.17, 15) is 18.4 Å². The minimum Gasteiger partial charge on any atom is -0.381 e. The SMILES string of the molecule is CCNC(=O)[C@@H](c1ccccc1)N1CCN(c2c(F)cc(NC(=O)C3CCOC3)cc2F)CC1. The molecule has 34 heavy (non-hydrogen) atoms. The molecule has 7 nitrogen and oxygen atoms in total. The summed E-state index contributed by atoms with van der Waals surface area (Å²) in [6.07, 6.45) is 0.597. The molecule has 0 spiro atoms. The van der Waals surface area contributed by atoms with Crippen molar-refractivity contribution in [1.82, 2.24) is 10.2 Å². The molecule has 2 amide bonds. The van der Waals surface area contributed by atoms with Crippen LogP contribution in [0.4, 0.5) is 20.2 Å². The van der Waals surface area contributed by atoms with Crippen LogP contribution in [0.1, 0.15) is 24.9 Å². The number of hydrogen-bond acceptors (Lipinski definition) is 5. The molecule has 1 unspecified atom stereocenters. The van der Waals surface area contributed by atoms with Crippen LogP contribution in [0.15, 0.2) is 42.5 Å². The molecule has 2 aliphatic heterocycles. The molecule has 2 N–H and O–H groups in total. The molecule has 9 heteroatoms. The van der Waals surface area contributed by atoms with Crippen LogP contribution in [0.3, 0.4) is 0 Å². The second kappa shape index (κ2) is 10.9. The second-order valence-corrected chi connectivity index (χ2v) is 8.57. The summed E-state index contributed by atoms with van der Waals surface area (Å²) < 4.78 is 35.1. The maximum atomic E-state index is 14.9. The number of hydrogen-bond donors (Lipinski definition) is 2. The summed E-state index contributed by atoms with van der Waals surface area (Å²) in [5.74, 6) is -2.15. The smallest absolute Gasteiger partial charge is 0.241 e. The Bertz CT molecular complexity index is 983. The normalized spacial score (nSPS) is 19.6. The second-order valence-electron chi connectivity index (χ2n) is 8.57. The number of nitrogens with zero attached hydrogens (tertiary/aromatic N) is 2. The Balaban J connectivity index is 1.44. The van der Waals surface area contributed by atoms with E-state index < -0.39 is 17.7 Å². The first kappa shape index (κ1) is 24.1. The number of ether oxygens (including phenoxy) is 1. The third-order valence-electron chi connectivity index (χ3n) is 6.30. The Morgan fingerprint density at radius 1 is 1.09 bits per heavy atom. The van der Waals surface area contributed by atoms with Gasteiger partial charge in [-0.25, -0.2) is 8.78 Å². The van der Waals surface area contributed by atoms with Crippen LogP contribution in [0.25, 0.3) is 0 Å². The average molecular weight is 473 g/mol. The van der Waals surface area contributed by atoms with E-state index in [1.807, 2.05) is 42.2 Å². The van der Waals surface area contributed by atoms with E-state index >= 15 is 0 Å². The van der Waals surface area contributed by atoms with Crippen molar-refractivity contribution in [3.05, 3.63) is 59.7 Å². The third-order valence-corrected chi connectivity index (χ3v) is 6.30. The predicted molar refractivity (Wildman–Crippen MR) is 126 cm³/mol. The summed E-state index contributed by atoms with van der Waals surface area (Å²) in [6, 6.07) is 11.3. The molecule has 2 aromatic rings.